The van der Waals surface area contributed by atoms with Crippen molar-refractivity contribution in [1.29, 1.82) is 0 Å². The summed E-state index contributed by atoms with van der Waals surface area (Å²) >= 11 is 0. The number of nitrogen functional groups attached to an aromatic ring is 1. The van der Waals surface area contributed by atoms with Gasteiger partial charge >= 0.3 is 0 Å². The molecule has 0 radical (unpaired) electrons. The smallest absolute Gasteiger partial charge is 0.296 e. The Morgan fingerprint density at radius 1 is 0.709 bits per heavy atom. The van der Waals surface area contributed by atoms with Crippen LogP contribution in [0.5, 0.6) is 0 Å². The monoisotopic (exact) mass is 781 g/mol. The number of fused-ring (bicyclic) bond motifs is 1. The zero-order chi connectivity index (χ0) is 39.5. The highest BCUT2D eigenvalue weighted by Crippen LogP contribution is 2.41. The minimum atomic E-state index is -5.10. The zero-order valence-electron chi connectivity index (χ0n) is 27.9. The Morgan fingerprint density at radius 2 is 1.35 bits per heavy atom. The molecule has 0 spiro atoms. The van der Waals surface area contributed by atoms with Crippen molar-refractivity contribution in [2.45, 2.75) is 4.90 Å². The average Bonchev–Trinajstić information content (AvgIpc) is 3.14. The van der Waals surface area contributed by atoms with Crippen LogP contribution in [0.15, 0.2) is 139 Å². The van der Waals surface area contributed by atoms with Crippen LogP contribution in [0, 0.1) is 0 Å². The first kappa shape index (κ1) is 37.6. The normalized spacial score (nSPS) is 15.8. The van der Waals surface area contributed by atoms with E-state index >= 15 is 0 Å². The molecule has 2 aliphatic rings. The lowest BCUT2D eigenvalue weighted by Gasteiger charge is -2.20. The Labute approximate surface area is 312 Å². The first-order chi connectivity index (χ1) is 26.1. The molecule has 0 fully saturated rings. The molecule has 0 aromatic heterocycles. The van der Waals surface area contributed by atoms with E-state index in [0.29, 0.717) is 22.8 Å². The van der Waals surface area contributed by atoms with Gasteiger partial charge in [-0.3, -0.25) is 34.3 Å². The number of nitrogens with zero attached hydrogens (tertiary/aromatic N) is 4. The first-order valence-electron chi connectivity index (χ1n) is 15.6. The van der Waals surface area contributed by atoms with Gasteiger partial charge < -0.3 is 16.8 Å². The van der Waals surface area contributed by atoms with E-state index in [-0.39, 0.29) is 28.3 Å². The molecule has 278 valence electrons. The number of rotatable bonds is 10. The molecule has 0 saturated carbocycles. The highest BCUT2D eigenvalue weighted by atomic mass is 32.2. The number of ketones is 2. The van der Waals surface area contributed by atoms with E-state index in [4.69, 9.17) is 11.5 Å². The number of carbonyl (C=O) groups excluding carboxylic acids is 3. The number of nitrogens with one attached hydrogen (secondary N) is 3. The maximum atomic E-state index is 13.6. The van der Waals surface area contributed by atoms with Gasteiger partial charge in [0.1, 0.15) is 21.2 Å². The van der Waals surface area contributed by atoms with Gasteiger partial charge in [-0.1, -0.05) is 18.2 Å². The Morgan fingerprint density at radius 3 is 1.98 bits per heavy atom. The second kappa shape index (κ2) is 15.1. The maximum Gasteiger partial charge on any atom is 0.296 e. The highest BCUT2D eigenvalue weighted by molar-refractivity contribution is 7.91. The summed E-state index contributed by atoms with van der Waals surface area (Å²) in [7, 11) is -10.2. The van der Waals surface area contributed by atoms with Gasteiger partial charge in [-0.2, -0.15) is 32.2 Å². The number of azo groups is 1. The van der Waals surface area contributed by atoms with Gasteiger partial charge in [-0.15, -0.1) is 5.11 Å². The number of hydrogen-bond acceptors (Lipinski definition) is 15. The minimum Gasteiger partial charge on any atom is -0.397 e. The zero-order valence-corrected chi connectivity index (χ0v) is 29.5. The second-order valence-corrected chi connectivity index (χ2v) is 14.3. The van der Waals surface area contributed by atoms with Crippen LogP contribution < -0.4 is 27.6 Å². The molecule has 20 heteroatoms. The van der Waals surface area contributed by atoms with Gasteiger partial charge in [0.15, 0.2) is 11.5 Å². The molecule has 0 aliphatic heterocycles. The third kappa shape index (κ3) is 8.58. The molecule has 0 atom stereocenters. The molecule has 0 unspecified atom stereocenters. The molecule has 1 amide bonds. The average molecular weight is 782 g/mol. The molecule has 55 heavy (non-hydrogen) atoms. The van der Waals surface area contributed by atoms with E-state index in [2.05, 4.69) is 36.6 Å². The van der Waals surface area contributed by atoms with Gasteiger partial charge in [0.05, 0.1) is 34.0 Å². The summed E-state index contributed by atoms with van der Waals surface area (Å²) in [4.78, 5) is 36.1. The van der Waals surface area contributed by atoms with E-state index in [0.717, 1.165) is 12.1 Å². The number of amides is 1. The molecule has 9 N–H and O–H groups in total. The van der Waals surface area contributed by atoms with Crippen molar-refractivity contribution in [3.63, 3.8) is 0 Å². The lowest BCUT2D eigenvalue weighted by atomic mass is 9.92. The summed E-state index contributed by atoms with van der Waals surface area (Å²) in [5.41, 5.74) is 16.9. The van der Waals surface area contributed by atoms with Gasteiger partial charge in [-0.25, -0.2) is 0 Å². The molecule has 18 nitrogen and oxygen atoms in total. The Balaban J connectivity index is 1.22. The SMILES string of the molecule is NC1=CC(=O)C=C/C1=N/Nc1ccc(NC(=O)c2ccc(N=Nc3c(S(=O)(=O)O)cc4c(c3N)C(=O)/C(=N\Nc3ccccc3)C(S(=O)(=O)O)=C4)cc2)cc1. The fraction of sp³-hybridized carbons (Fsp3) is 0. The number of para-hydroxylation sites is 1. The van der Waals surface area contributed by atoms with Crippen molar-refractivity contribution < 1.29 is 40.3 Å². The highest BCUT2D eigenvalue weighted by Gasteiger charge is 2.37. The van der Waals surface area contributed by atoms with Gasteiger partial charge in [0.2, 0.25) is 5.78 Å². The number of carbonyl (C=O) groups is 3. The summed E-state index contributed by atoms with van der Waals surface area (Å²) in [5.74, 6) is -1.84. The summed E-state index contributed by atoms with van der Waals surface area (Å²) in [6, 6.07) is 21.0. The van der Waals surface area contributed by atoms with Crippen molar-refractivity contribution in [2.75, 3.05) is 21.9 Å². The fourth-order valence-corrected chi connectivity index (χ4v) is 6.44. The molecular formula is C35H27N9O9S2. The van der Waals surface area contributed by atoms with Crippen LogP contribution in [-0.2, 0) is 25.0 Å². The van der Waals surface area contributed by atoms with Crippen LogP contribution in [0.4, 0.5) is 34.1 Å². The number of allylic oxidation sites excluding steroid dienone is 4. The quantitative estimate of drug-likeness (QED) is 0.0374. The second-order valence-electron chi connectivity index (χ2n) is 11.5. The maximum absolute atomic E-state index is 13.6. The van der Waals surface area contributed by atoms with Crippen LogP contribution in [0.3, 0.4) is 0 Å². The van der Waals surface area contributed by atoms with Gasteiger partial charge in [0.25, 0.3) is 26.1 Å². The van der Waals surface area contributed by atoms with Crippen molar-refractivity contribution in [3.05, 3.63) is 130 Å². The molecular weight excluding hydrogens is 755 g/mol. The lowest BCUT2D eigenvalue weighted by Crippen LogP contribution is -2.28. The molecule has 4 aromatic rings. The van der Waals surface area contributed by atoms with E-state index < -0.39 is 64.4 Å². The van der Waals surface area contributed by atoms with Crippen molar-refractivity contribution in [3.8, 4) is 0 Å². The molecule has 0 bridgehead atoms. The summed E-state index contributed by atoms with van der Waals surface area (Å²) < 4.78 is 69.2. The third-order valence-electron chi connectivity index (χ3n) is 7.76. The predicted molar refractivity (Wildman–Crippen MR) is 205 cm³/mol. The third-order valence-corrected chi connectivity index (χ3v) is 9.50. The summed E-state index contributed by atoms with van der Waals surface area (Å²) in [6.07, 6.45) is 4.85. The minimum absolute atomic E-state index is 0.105. The van der Waals surface area contributed by atoms with Crippen LogP contribution in [0.2, 0.25) is 0 Å². The number of hydrazone groups is 2. The van der Waals surface area contributed by atoms with Crippen LogP contribution in [-0.4, -0.2) is 54.8 Å². The first-order valence-corrected chi connectivity index (χ1v) is 18.5. The van der Waals surface area contributed by atoms with E-state index in [9.17, 15) is 40.3 Å². The van der Waals surface area contributed by atoms with Crippen molar-refractivity contribution in [2.24, 2.45) is 26.2 Å². The molecule has 2 aliphatic carbocycles. The molecule has 0 saturated heterocycles. The Hall–Kier alpha value is -7.13. The topological polar surface area (TPSA) is 298 Å². The van der Waals surface area contributed by atoms with E-state index in [1.54, 1.807) is 54.6 Å². The summed E-state index contributed by atoms with van der Waals surface area (Å²) in [5, 5.41) is 18.6. The van der Waals surface area contributed by atoms with Crippen molar-refractivity contribution in [1.82, 2.24) is 0 Å². The Bertz CT molecular complexity index is 2670. The summed E-state index contributed by atoms with van der Waals surface area (Å²) in [6.45, 7) is 0. The fourth-order valence-electron chi connectivity index (χ4n) is 5.11. The number of benzene rings is 4. The van der Waals surface area contributed by atoms with Crippen LogP contribution in [0.25, 0.3) is 6.08 Å². The number of Topliss-reactive ketones (excluding diaryl/α,β-unsaturated/α-hetero) is 1. The Kier molecular flexibility index (Phi) is 10.3. The van der Waals surface area contributed by atoms with Crippen molar-refractivity contribution >= 4 is 89.3 Å². The van der Waals surface area contributed by atoms with E-state index in [1.165, 1.54) is 42.5 Å². The van der Waals surface area contributed by atoms with Gasteiger partial charge in [-0.05, 0) is 90.5 Å². The standard InChI is InChI=1S/C35H27N9O9S2/c36-26-18-25(45)14-15-27(26)42-39-24-12-10-21(11-13-24)38-35(47)19-6-8-23(9-7-19)41-43-32-28(54(48,49)50)16-20-17-29(55(51,52)53)33(34(46)30(20)31(32)37)44-40-22-4-2-1-3-5-22/h1-18,39-40H,36-37H2,(H,38,47)(H,48,49,50)(H,51,52,53)/b42-27-,43-41?,44-33-. The van der Waals surface area contributed by atoms with E-state index in [1.807, 2.05) is 0 Å². The predicted octanol–water partition coefficient (Wildman–Crippen LogP) is 4.83. The largest absolute Gasteiger partial charge is 0.397 e. The number of nitrogens with two attached hydrogens (primary N) is 2. The van der Waals surface area contributed by atoms with Crippen LogP contribution >= 0.6 is 0 Å². The number of anilines is 4. The lowest BCUT2D eigenvalue weighted by molar-refractivity contribution is -0.110. The molecule has 6 rings (SSSR count). The molecule has 4 aromatic carbocycles. The number of hydrogen-bond donors (Lipinski definition) is 7. The molecule has 0 heterocycles. The van der Waals surface area contributed by atoms with Gasteiger partial charge in [0, 0.05) is 17.3 Å². The van der Waals surface area contributed by atoms with Crippen LogP contribution in [0.1, 0.15) is 26.3 Å².